The van der Waals surface area contributed by atoms with Crippen LogP contribution in [0.15, 0.2) is 30.3 Å². The number of benzene rings is 1. The lowest BCUT2D eigenvalue weighted by Gasteiger charge is -2.42. The second kappa shape index (κ2) is 7.35. The number of para-hydroxylation sites is 1. The maximum Gasteiger partial charge on any atom is 0.347 e. The molecular formula is C17H27N2O3P. The van der Waals surface area contributed by atoms with E-state index < -0.39 is 7.60 Å². The summed E-state index contributed by atoms with van der Waals surface area (Å²) in [6.45, 7) is 6.49. The Morgan fingerprint density at radius 3 is 2.43 bits per heavy atom. The van der Waals surface area contributed by atoms with Crippen LogP contribution in [0.1, 0.15) is 33.1 Å². The highest BCUT2D eigenvalue weighted by Crippen LogP contribution is 2.58. The molecule has 23 heavy (non-hydrogen) atoms. The van der Waals surface area contributed by atoms with Crippen LogP contribution in [0.3, 0.4) is 0 Å². The first kappa shape index (κ1) is 17.0. The van der Waals surface area contributed by atoms with Crippen molar-refractivity contribution in [1.82, 2.24) is 4.90 Å². The summed E-state index contributed by atoms with van der Waals surface area (Å²) in [5.74, 6) is -0.116. The van der Waals surface area contributed by atoms with Crippen LogP contribution in [0.4, 0.5) is 5.69 Å². The fourth-order valence-electron chi connectivity index (χ4n) is 3.85. The fraction of sp³-hybridized carbons (Fsp3) is 0.647. The largest absolute Gasteiger partial charge is 0.354 e. The van der Waals surface area contributed by atoms with Crippen LogP contribution >= 0.6 is 7.60 Å². The third-order valence-electron chi connectivity index (χ3n) is 4.72. The average Bonchev–Trinajstić information content (AvgIpc) is 3.00. The van der Waals surface area contributed by atoms with Crippen molar-refractivity contribution < 1.29 is 13.6 Å². The normalized spacial score (nSPS) is 25.6. The molecule has 2 aliphatic rings. The lowest BCUT2D eigenvalue weighted by atomic mass is 10.1. The molecule has 128 valence electrons. The summed E-state index contributed by atoms with van der Waals surface area (Å²) >= 11 is 0. The monoisotopic (exact) mass is 338 g/mol. The second-order valence-corrected chi connectivity index (χ2v) is 8.23. The standard InChI is InChI=1S/C17H27N2O3P/c1-3-21-23(20,22-4-2)17-12-8-11-16-18(13-14-19(16)17)15-9-6-5-7-10-15/h5-7,9-10,16-17H,3-4,8,11-14H2,1-2H3. The van der Waals surface area contributed by atoms with E-state index in [4.69, 9.17) is 9.05 Å². The van der Waals surface area contributed by atoms with Crippen LogP contribution in [0, 0.1) is 0 Å². The van der Waals surface area contributed by atoms with Crippen LogP contribution in [0.2, 0.25) is 0 Å². The minimum Gasteiger partial charge on any atom is -0.354 e. The molecule has 2 aliphatic heterocycles. The molecule has 6 heteroatoms. The van der Waals surface area contributed by atoms with Gasteiger partial charge in [-0.25, -0.2) is 0 Å². The summed E-state index contributed by atoms with van der Waals surface area (Å²) in [5, 5.41) is 0. The van der Waals surface area contributed by atoms with Gasteiger partial charge in [0.2, 0.25) is 0 Å². The molecule has 2 atom stereocenters. The average molecular weight is 338 g/mol. The molecule has 0 spiro atoms. The maximum atomic E-state index is 13.2. The number of hydrogen-bond donors (Lipinski definition) is 0. The lowest BCUT2D eigenvalue weighted by Crippen LogP contribution is -2.47. The molecule has 3 rings (SSSR count). The van der Waals surface area contributed by atoms with Crippen molar-refractivity contribution in [2.45, 2.75) is 45.1 Å². The minimum atomic E-state index is -3.08. The Morgan fingerprint density at radius 1 is 1.09 bits per heavy atom. The molecule has 0 radical (unpaired) electrons. The molecule has 0 bridgehead atoms. The van der Waals surface area contributed by atoms with Crippen molar-refractivity contribution in [1.29, 1.82) is 0 Å². The Kier molecular flexibility index (Phi) is 5.42. The van der Waals surface area contributed by atoms with Gasteiger partial charge in [-0.1, -0.05) is 18.2 Å². The molecule has 0 N–H and O–H groups in total. The molecule has 2 fully saturated rings. The molecular weight excluding hydrogens is 311 g/mol. The van der Waals surface area contributed by atoms with Gasteiger partial charge in [-0.05, 0) is 45.2 Å². The molecule has 2 heterocycles. The SMILES string of the molecule is CCOP(=O)(OCC)C1CCCC2N(c3ccccc3)CCN21. The van der Waals surface area contributed by atoms with Gasteiger partial charge in [-0.2, -0.15) is 0 Å². The third-order valence-corrected chi connectivity index (χ3v) is 7.24. The summed E-state index contributed by atoms with van der Waals surface area (Å²) in [6.07, 6.45) is 3.34. The Bertz CT molecular complexity index is 544. The zero-order valence-corrected chi connectivity index (χ0v) is 15.0. The molecule has 0 saturated carbocycles. The lowest BCUT2D eigenvalue weighted by molar-refractivity contribution is 0.123. The minimum absolute atomic E-state index is 0.116. The van der Waals surface area contributed by atoms with Gasteiger partial charge >= 0.3 is 7.60 Å². The molecule has 0 aromatic heterocycles. The van der Waals surface area contributed by atoms with Gasteiger partial charge in [-0.3, -0.25) is 9.46 Å². The van der Waals surface area contributed by atoms with E-state index in [-0.39, 0.29) is 5.78 Å². The van der Waals surface area contributed by atoms with E-state index >= 15 is 0 Å². The Hall–Kier alpha value is -0.870. The zero-order chi connectivity index (χ0) is 16.3. The second-order valence-electron chi connectivity index (χ2n) is 6.03. The van der Waals surface area contributed by atoms with Crippen molar-refractivity contribution >= 4 is 13.3 Å². The van der Waals surface area contributed by atoms with Gasteiger partial charge in [0.1, 0.15) is 5.78 Å². The molecule has 2 saturated heterocycles. The van der Waals surface area contributed by atoms with Gasteiger partial charge in [0.05, 0.1) is 19.4 Å². The van der Waals surface area contributed by atoms with Gasteiger partial charge in [0.25, 0.3) is 0 Å². The quantitative estimate of drug-likeness (QED) is 0.736. The van der Waals surface area contributed by atoms with Crippen molar-refractivity contribution in [3.63, 3.8) is 0 Å². The maximum absolute atomic E-state index is 13.2. The number of hydrogen-bond acceptors (Lipinski definition) is 5. The van der Waals surface area contributed by atoms with Crippen molar-refractivity contribution in [2.24, 2.45) is 0 Å². The first-order valence-corrected chi connectivity index (χ1v) is 10.3. The van der Waals surface area contributed by atoms with Gasteiger partial charge in [-0.15, -0.1) is 0 Å². The van der Waals surface area contributed by atoms with E-state index in [0.717, 1.165) is 32.4 Å². The highest BCUT2D eigenvalue weighted by Gasteiger charge is 2.48. The van der Waals surface area contributed by atoms with Crippen molar-refractivity contribution in [2.75, 3.05) is 31.2 Å². The predicted molar refractivity (Wildman–Crippen MR) is 92.8 cm³/mol. The first-order chi connectivity index (χ1) is 11.2. The molecule has 2 unspecified atom stereocenters. The van der Waals surface area contributed by atoms with Gasteiger partial charge < -0.3 is 13.9 Å². The Morgan fingerprint density at radius 2 is 1.78 bits per heavy atom. The highest BCUT2D eigenvalue weighted by molar-refractivity contribution is 7.54. The van der Waals surface area contributed by atoms with E-state index in [2.05, 4.69) is 34.1 Å². The number of anilines is 1. The number of fused-ring (bicyclic) bond motifs is 1. The third kappa shape index (κ3) is 3.34. The van der Waals surface area contributed by atoms with Crippen LogP contribution in [-0.4, -0.2) is 43.2 Å². The van der Waals surface area contributed by atoms with Crippen molar-refractivity contribution in [3.05, 3.63) is 30.3 Å². The van der Waals surface area contributed by atoms with Gasteiger partial charge in [0.15, 0.2) is 0 Å². The molecule has 5 nitrogen and oxygen atoms in total. The van der Waals surface area contributed by atoms with Crippen LogP contribution in [0.5, 0.6) is 0 Å². The summed E-state index contributed by atoms with van der Waals surface area (Å²) in [4.78, 5) is 4.77. The van der Waals surface area contributed by atoms with Crippen LogP contribution in [-0.2, 0) is 13.6 Å². The number of rotatable bonds is 6. The number of nitrogens with zero attached hydrogens (tertiary/aromatic N) is 2. The van der Waals surface area contributed by atoms with E-state index in [1.807, 2.05) is 19.9 Å². The van der Waals surface area contributed by atoms with E-state index in [0.29, 0.717) is 19.4 Å². The molecule has 1 aromatic rings. The van der Waals surface area contributed by atoms with E-state index in [9.17, 15) is 4.57 Å². The summed E-state index contributed by atoms with van der Waals surface area (Å²) < 4.78 is 24.5. The Labute approximate surface area is 139 Å². The Balaban J connectivity index is 1.82. The summed E-state index contributed by atoms with van der Waals surface area (Å²) in [7, 11) is -3.08. The number of piperidine rings is 1. The van der Waals surface area contributed by atoms with E-state index in [1.165, 1.54) is 5.69 Å². The van der Waals surface area contributed by atoms with Crippen LogP contribution in [0.25, 0.3) is 0 Å². The molecule has 1 aromatic carbocycles. The van der Waals surface area contributed by atoms with Crippen molar-refractivity contribution in [3.8, 4) is 0 Å². The first-order valence-electron chi connectivity index (χ1n) is 8.66. The van der Waals surface area contributed by atoms with E-state index in [1.54, 1.807) is 0 Å². The van der Waals surface area contributed by atoms with Gasteiger partial charge in [0, 0.05) is 18.8 Å². The smallest absolute Gasteiger partial charge is 0.347 e. The molecule has 0 aliphatic carbocycles. The highest BCUT2D eigenvalue weighted by atomic mass is 31.2. The predicted octanol–water partition coefficient (Wildman–Crippen LogP) is 3.91. The zero-order valence-electron chi connectivity index (χ0n) is 14.1. The summed E-state index contributed by atoms with van der Waals surface area (Å²) in [6, 6.07) is 10.5. The summed E-state index contributed by atoms with van der Waals surface area (Å²) in [5.41, 5.74) is 1.24. The van der Waals surface area contributed by atoms with Crippen LogP contribution < -0.4 is 4.90 Å². The molecule has 0 amide bonds. The topological polar surface area (TPSA) is 42.0 Å². The fourth-order valence-corrected chi connectivity index (χ4v) is 6.12.